The molecule has 11 heavy (non-hydrogen) atoms. The van der Waals surface area contributed by atoms with Gasteiger partial charge in [0.15, 0.2) is 0 Å². The van der Waals surface area contributed by atoms with Crippen molar-refractivity contribution in [3.63, 3.8) is 0 Å². The van der Waals surface area contributed by atoms with Crippen LogP contribution in [0.5, 0.6) is 0 Å². The molecule has 0 rings (SSSR count). The zero-order chi connectivity index (χ0) is 8.69. The molecule has 0 N–H and O–H groups in total. The molecule has 5 heteroatoms. The van der Waals surface area contributed by atoms with Crippen molar-refractivity contribution in [1.82, 2.24) is 0 Å². The summed E-state index contributed by atoms with van der Waals surface area (Å²) in [5.41, 5.74) is 0. The Morgan fingerprint density at radius 1 is 1.55 bits per heavy atom. The molecule has 0 bridgehead atoms. The fraction of sp³-hybridized carbons (Fsp3) is 0.833. The predicted molar refractivity (Wildman–Crippen MR) is 42.3 cm³/mol. The van der Waals surface area contributed by atoms with Gasteiger partial charge in [-0.15, -0.1) is 0 Å². The minimum absolute atomic E-state index is 0.293. The van der Waals surface area contributed by atoms with E-state index in [1.54, 1.807) is 13.8 Å². The molecule has 0 aromatic carbocycles. The van der Waals surface area contributed by atoms with Gasteiger partial charge in [0, 0.05) is 6.42 Å². The Balaban J connectivity index is 3.54. The Labute approximate surface area is 71.4 Å². The first kappa shape index (κ1) is 10.6. The highest BCUT2D eigenvalue weighted by Gasteiger charge is 2.11. The van der Waals surface area contributed by atoms with Gasteiger partial charge < -0.3 is 9.47 Å². The summed E-state index contributed by atoms with van der Waals surface area (Å²) in [6.07, 6.45) is -0.812. The van der Waals surface area contributed by atoms with Crippen LogP contribution in [0, 0.1) is 0 Å². The summed E-state index contributed by atoms with van der Waals surface area (Å²) in [5.74, 6) is 0. The number of carbonyl (C=O) groups is 1. The smallest absolute Gasteiger partial charge is 0.435 e. The van der Waals surface area contributed by atoms with Crippen LogP contribution in [-0.4, -0.2) is 19.1 Å². The lowest BCUT2D eigenvalue weighted by Gasteiger charge is -2.11. The van der Waals surface area contributed by atoms with Crippen molar-refractivity contribution < 1.29 is 18.5 Å². The summed E-state index contributed by atoms with van der Waals surface area (Å²) in [4.78, 5) is 10.6. The van der Waals surface area contributed by atoms with Crippen LogP contribution in [0.15, 0.2) is 0 Å². The first-order valence-electron chi connectivity index (χ1n) is 3.38. The van der Waals surface area contributed by atoms with Gasteiger partial charge in [-0.3, -0.25) is 4.18 Å². The molecule has 0 spiro atoms. The molecule has 0 saturated heterocycles. The van der Waals surface area contributed by atoms with Crippen LogP contribution in [0.1, 0.15) is 20.3 Å². The Hall–Kier alpha value is -0.420. The Morgan fingerprint density at radius 3 is 2.55 bits per heavy atom. The highest BCUT2D eigenvalue weighted by molar-refractivity contribution is 7.75. The van der Waals surface area contributed by atoms with Gasteiger partial charge in [0.2, 0.25) is 6.29 Å². The molecule has 1 unspecified atom stereocenters. The van der Waals surface area contributed by atoms with Crippen molar-refractivity contribution in [2.45, 2.75) is 26.6 Å². The fourth-order valence-corrected chi connectivity index (χ4v) is 0.631. The molecule has 0 aliphatic rings. The van der Waals surface area contributed by atoms with Crippen LogP contribution in [0.2, 0.25) is 0 Å². The molecule has 0 aromatic heterocycles. The highest BCUT2D eigenvalue weighted by atomic mass is 32.1. The molecule has 0 heterocycles. The quantitative estimate of drug-likeness (QED) is 0.310. The highest BCUT2D eigenvalue weighted by Crippen LogP contribution is 2.03. The molecule has 0 fully saturated rings. The number of thiol groups is 1. The number of hydrogen-bond acceptors (Lipinski definition) is 5. The molecule has 0 aliphatic carbocycles. The average Bonchev–Trinajstić information content (AvgIpc) is 2.01. The Morgan fingerprint density at radius 2 is 2.18 bits per heavy atom. The van der Waals surface area contributed by atoms with E-state index >= 15 is 0 Å². The maximum absolute atomic E-state index is 10.6. The van der Waals surface area contributed by atoms with Gasteiger partial charge in [0.25, 0.3) is 0 Å². The molecule has 0 aliphatic heterocycles. The lowest BCUT2D eigenvalue weighted by Crippen LogP contribution is -2.18. The second-order valence-corrected chi connectivity index (χ2v) is 1.95. The van der Waals surface area contributed by atoms with Crippen molar-refractivity contribution in [3.8, 4) is 0 Å². The van der Waals surface area contributed by atoms with Crippen molar-refractivity contribution in [2.75, 3.05) is 6.61 Å². The maximum Gasteiger partial charge on any atom is 0.510 e. The van der Waals surface area contributed by atoms with Gasteiger partial charge in [-0.05, 0) is 19.8 Å². The SMILES string of the molecule is CCOC(=O)OC(CC)OS. The summed E-state index contributed by atoms with van der Waals surface area (Å²) < 4.78 is 13.6. The van der Waals surface area contributed by atoms with Crippen LogP contribution in [0.25, 0.3) is 0 Å². The summed E-state index contributed by atoms with van der Waals surface area (Å²) in [6, 6.07) is 0. The van der Waals surface area contributed by atoms with Gasteiger partial charge in [0.05, 0.1) is 6.61 Å². The monoisotopic (exact) mass is 180 g/mol. The Bertz CT molecular complexity index is 113. The first-order chi connectivity index (χ1) is 5.24. The van der Waals surface area contributed by atoms with Crippen molar-refractivity contribution in [2.24, 2.45) is 0 Å². The van der Waals surface area contributed by atoms with Crippen molar-refractivity contribution in [1.29, 1.82) is 0 Å². The first-order valence-corrected chi connectivity index (χ1v) is 3.74. The maximum atomic E-state index is 10.6. The van der Waals surface area contributed by atoms with Crippen LogP contribution in [-0.2, 0) is 13.7 Å². The van der Waals surface area contributed by atoms with E-state index in [0.29, 0.717) is 13.0 Å². The van der Waals surface area contributed by atoms with E-state index in [1.165, 1.54) is 0 Å². The summed E-state index contributed by atoms with van der Waals surface area (Å²) >= 11 is 3.51. The number of hydrogen-bond donors (Lipinski definition) is 1. The topological polar surface area (TPSA) is 44.8 Å². The van der Waals surface area contributed by atoms with Gasteiger partial charge in [-0.2, -0.15) is 0 Å². The third-order valence-electron chi connectivity index (χ3n) is 0.941. The normalized spacial score (nSPS) is 12.3. The lowest BCUT2D eigenvalue weighted by molar-refractivity contribution is -0.0535. The molecule has 66 valence electrons. The van der Waals surface area contributed by atoms with E-state index in [9.17, 15) is 4.79 Å². The number of ether oxygens (including phenoxy) is 2. The zero-order valence-corrected chi connectivity index (χ0v) is 7.47. The van der Waals surface area contributed by atoms with E-state index in [2.05, 4.69) is 26.6 Å². The molecule has 4 nitrogen and oxygen atoms in total. The van der Waals surface area contributed by atoms with Gasteiger partial charge in [0.1, 0.15) is 0 Å². The summed E-state index contributed by atoms with van der Waals surface area (Å²) in [7, 11) is 0. The minimum atomic E-state index is -0.728. The largest absolute Gasteiger partial charge is 0.510 e. The molecular weight excluding hydrogens is 168 g/mol. The minimum Gasteiger partial charge on any atom is -0.435 e. The fourth-order valence-electron chi connectivity index (χ4n) is 0.439. The van der Waals surface area contributed by atoms with E-state index < -0.39 is 12.4 Å². The van der Waals surface area contributed by atoms with E-state index in [4.69, 9.17) is 0 Å². The number of rotatable bonds is 4. The molecular formula is C6H12O4S. The summed E-state index contributed by atoms with van der Waals surface area (Å²) in [6.45, 7) is 3.80. The standard InChI is InChI=1S/C6H12O4S/c1-3-5(10-11)9-6(7)8-4-2/h5,11H,3-4H2,1-2H3. The average molecular weight is 180 g/mol. The molecule has 0 aromatic rings. The second-order valence-electron chi connectivity index (χ2n) is 1.74. The van der Waals surface area contributed by atoms with Crippen LogP contribution in [0.4, 0.5) is 4.79 Å². The van der Waals surface area contributed by atoms with Crippen LogP contribution >= 0.6 is 12.9 Å². The van der Waals surface area contributed by atoms with Crippen molar-refractivity contribution >= 4 is 19.1 Å². The predicted octanol–water partition coefficient (Wildman–Crippen LogP) is 1.76. The van der Waals surface area contributed by atoms with Crippen molar-refractivity contribution in [3.05, 3.63) is 0 Å². The third kappa shape index (κ3) is 4.92. The molecule has 0 amide bonds. The zero-order valence-electron chi connectivity index (χ0n) is 6.57. The third-order valence-corrected chi connectivity index (χ3v) is 1.18. The molecule has 0 saturated carbocycles. The van der Waals surface area contributed by atoms with Gasteiger partial charge >= 0.3 is 6.16 Å². The lowest BCUT2D eigenvalue weighted by atomic mass is 10.5. The van der Waals surface area contributed by atoms with E-state index in [-0.39, 0.29) is 0 Å². The second kappa shape index (κ2) is 6.30. The molecule has 0 radical (unpaired) electrons. The Kier molecular flexibility index (Phi) is 6.06. The van der Waals surface area contributed by atoms with E-state index in [0.717, 1.165) is 0 Å². The van der Waals surface area contributed by atoms with Gasteiger partial charge in [-0.1, -0.05) is 6.92 Å². The molecule has 1 atom stereocenters. The van der Waals surface area contributed by atoms with Crippen LogP contribution < -0.4 is 0 Å². The number of carbonyl (C=O) groups excluding carboxylic acids is 1. The van der Waals surface area contributed by atoms with Crippen LogP contribution in [0.3, 0.4) is 0 Å². The van der Waals surface area contributed by atoms with Gasteiger partial charge in [-0.25, -0.2) is 4.79 Å². The van der Waals surface area contributed by atoms with E-state index in [1.807, 2.05) is 0 Å². The summed E-state index contributed by atoms with van der Waals surface area (Å²) in [5, 5.41) is 0.